The van der Waals surface area contributed by atoms with E-state index in [9.17, 15) is 0 Å². The van der Waals surface area contributed by atoms with Crippen LogP contribution in [0.15, 0.2) is 17.5 Å². The normalized spacial score (nSPS) is 33.7. The van der Waals surface area contributed by atoms with Crippen LogP contribution >= 0.6 is 11.3 Å². The van der Waals surface area contributed by atoms with Gasteiger partial charge in [0.1, 0.15) is 0 Å². The summed E-state index contributed by atoms with van der Waals surface area (Å²) in [7, 11) is 0. The molecule has 0 aromatic carbocycles. The first-order valence-corrected chi connectivity index (χ1v) is 5.44. The maximum atomic E-state index is 6.20. The number of nitrogens with two attached hydrogens (primary N) is 1. The van der Waals surface area contributed by atoms with Crippen LogP contribution in [-0.4, -0.2) is 5.54 Å². The lowest BCUT2D eigenvalue weighted by Crippen LogP contribution is -2.27. The summed E-state index contributed by atoms with van der Waals surface area (Å²) in [5.41, 5.74) is 6.35. The second-order valence-electron chi connectivity index (χ2n) is 3.80. The molecule has 2 atom stereocenters. The topological polar surface area (TPSA) is 26.0 Å². The highest BCUT2D eigenvalue weighted by Crippen LogP contribution is 2.46. The average Bonchev–Trinajstić information content (AvgIpc) is 2.48. The van der Waals surface area contributed by atoms with E-state index in [0.717, 1.165) is 12.3 Å². The lowest BCUT2D eigenvalue weighted by molar-refractivity contribution is 0.583. The summed E-state index contributed by atoms with van der Waals surface area (Å²) in [6.45, 7) is 2.23. The first-order chi connectivity index (χ1) is 5.74. The summed E-state index contributed by atoms with van der Waals surface area (Å²) in [6.07, 6.45) is 3.55. The van der Waals surface area contributed by atoms with Crippen LogP contribution in [0.25, 0.3) is 0 Å². The molecule has 1 saturated carbocycles. The van der Waals surface area contributed by atoms with Gasteiger partial charge in [0.2, 0.25) is 0 Å². The summed E-state index contributed by atoms with van der Waals surface area (Å²) in [6, 6.07) is 4.29. The Morgan fingerprint density at radius 1 is 1.75 bits per heavy atom. The highest BCUT2D eigenvalue weighted by atomic mass is 32.1. The van der Waals surface area contributed by atoms with Gasteiger partial charge >= 0.3 is 0 Å². The van der Waals surface area contributed by atoms with E-state index in [-0.39, 0.29) is 5.54 Å². The molecule has 2 N–H and O–H groups in total. The quantitative estimate of drug-likeness (QED) is 0.761. The lowest BCUT2D eigenvalue weighted by atomic mass is 10.1. The van der Waals surface area contributed by atoms with Crippen LogP contribution in [-0.2, 0) is 6.42 Å². The molecule has 1 aliphatic carbocycles. The lowest BCUT2D eigenvalue weighted by Gasteiger charge is -2.08. The minimum absolute atomic E-state index is 0.152. The van der Waals surface area contributed by atoms with E-state index in [4.69, 9.17) is 5.73 Å². The molecule has 0 spiro atoms. The maximum Gasteiger partial charge on any atom is 0.0235 e. The number of thiophene rings is 1. The molecule has 0 aliphatic heterocycles. The Morgan fingerprint density at radius 2 is 2.58 bits per heavy atom. The SMILES string of the molecule is CCC1CC1(N)Cc1cccs1. The van der Waals surface area contributed by atoms with E-state index < -0.39 is 0 Å². The molecule has 0 amide bonds. The Balaban J connectivity index is 1.97. The summed E-state index contributed by atoms with van der Waals surface area (Å²) in [5, 5.41) is 2.13. The van der Waals surface area contributed by atoms with Crippen LogP contribution in [0.2, 0.25) is 0 Å². The molecular formula is C10H15NS. The standard InChI is InChI=1S/C10H15NS/c1-2-8-6-10(8,11)7-9-4-3-5-12-9/h3-5,8H,2,6-7,11H2,1H3. The fourth-order valence-corrected chi connectivity index (χ4v) is 2.75. The molecule has 2 rings (SSSR count). The third-order valence-electron chi connectivity index (χ3n) is 2.86. The summed E-state index contributed by atoms with van der Waals surface area (Å²) < 4.78 is 0. The van der Waals surface area contributed by atoms with E-state index >= 15 is 0 Å². The van der Waals surface area contributed by atoms with Crippen LogP contribution < -0.4 is 5.73 Å². The zero-order valence-electron chi connectivity index (χ0n) is 7.42. The van der Waals surface area contributed by atoms with Crippen molar-refractivity contribution in [3.8, 4) is 0 Å². The van der Waals surface area contributed by atoms with E-state index in [1.54, 1.807) is 0 Å². The monoisotopic (exact) mass is 181 g/mol. The van der Waals surface area contributed by atoms with Crippen LogP contribution in [0, 0.1) is 5.92 Å². The van der Waals surface area contributed by atoms with E-state index in [1.807, 2.05) is 11.3 Å². The highest BCUT2D eigenvalue weighted by Gasteiger charge is 2.49. The minimum Gasteiger partial charge on any atom is -0.325 e. The van der Waals surface area contributed by atoms with Gasteiger partial charge in [-0.15, -0.1) is 11.3 Å². The first kappa shape index (κ1) is 8.27. The van der Waals surface area contributed by atoms with Crippen LogP contribution in [0.1, 0.15) is 24.6 Å². The Labute approximate surface area is 77.6 Å². The van der Waals surface area contributed by atoms with Crippen molar-refractivity contribution >= 4 is 11.3 Å². The van der Waals surface area contributed by atoms with Gasteiger partial charge < -0.3 is 5.73 Å². The summed E-state index contributed by atoms with van der Waals surface area (Å²) in [5.74, 6) is 0.777. The molecule has 0 saturated heterocycles. The zero-order valence-corrected chi connectivity index (χ0v) is 8.23. The van der Waals surface area contributed by atoms with Crippen molar-refractivity contribution in [3.05, 3.63) is 22.4 Å². The summed E-state index contributed by atoms with van der Waals surface area (Å²) in [4.78, 5) is 1.44. The molecule has 2 heteroatoms. The highest BCUT2D eigenvalue weighted by molar-refractivity contribution is 7.09. The van der Waals surface area contributed by atoms with Crippen molar-refractivity contribution in [1.29, 1.82) is 0 Å². The largest absolute Gasteiger partial charge is 0.325 e. The third-order valence-corrected chi connectivity index (χ3v) is 3.73. The molecule has 12 heavy (non-hydrogen) atoms. The van der Waals surface area contributed by atoms with Gasteiger partial charge in [0.25, 0.3) is 0 Å². The number of hydrogen-bond donors (Lipinski definition) is 1. The van der Waals surface area contributed by atoms with Crippen molar-refractivity contribution < 1.29 is 0 Å². The number of rotatable bonds is 3. The van der Waals surface area contributed by atoms with Crippen molar-refractivity contribution in [3.63, 3.8) is 0 Å². The molecule has 1 heterocycles. The predicted molar refractivity (Wildman–Crippen MR) is 53.3 cm³/mol. The maximum absolute atomic E-state index is 6.20. The van der Waals surface area contributed by atoms with Crippen molar-refractivity contribution in [2.24, 2.45) is 11.7 Å². The van der Waals surface area contributed by atoms with Crippen molar-refractivity contribution in [2.45, 2.75) is 31.7 Å². The molecule has 1 aliphatic rings. The second kappa shape index (κ2) is 2.86. The smallest absolute Gasteiger partial charge is 0.0235 e. The summed E-state index contributed by atoms with van der Waals surface area (Å²) >= 11 is 1.82. The zero-order chi connectivity index (χ0) is 8.60. The van der Waals surface area contributed by atoms with Gasteiger partial charge in [-0.05, 0) is 23.8 Å². The molecular weight excluding hydrogens is 166 g/mol. The average molecular weight is 181 g/mol. The van der Waals surface area contributed by atoms with Gasteiger partial charge in [-0.1, -0.05) is 19.4 Å². The van der Waals surface area contributed by atoms with E-state index in [2.05, 4.69) is 24.4 Å². The molecule has 1 aromatic rings. The Morgan fingerprint density at radius 3 is 3.08 bits per heavy atom. The predicted octanol–water partition coefficient (Wildman–Crippen LogP) is 2.42. The van der Waals surface area contributed by atoms with Gasteiger partial charge in [-0.25, -0.2) is 0 Å². The first-order valence-electron chi connectivity index (χ1n) is 4.56. The van der Waals surface area contributed by atoms with Crippen molar-refractivity contribution in [2.75, 3.05) is 0 Å². The molecule has 1 fully saturated rings. The fraction of sp³-hybridized carbons (Fsp3) is 0.600. The van der Waals surface area contributed by atoms with Crippen molar-refractivity contribution in [1.82, 2.24) is 0 Å². The third kappa shape index (κ3) is 1.41. The molecule has 1 aromatic heterocycles. The number of hydrogen-bond acceptors (Lipinski definition) is 2. The van der Waals surface area contributed by atoms with Crippen LogP contribution in [0.4, 0.5) is 0 Å². The Kier molecular flexibility index (Phi) is 1.97. The minimum atomic E-state index is 0.152. The second-order valence-corrected chi connectivity index (χ2v) is 4.83. The van der Waals surface area contributed by atoms with Gasteiger partial charge in [0.15, 0.2) is 0 Å². The molecule has 0 bridgehead atoms. The van der Waals surface area contributed by atoms with Gasteiger partial charge in [-0.2, -0.15) is 0 Å². The van der Waals surface area contributed by atoms with Gasteiger partial charge in [-0.3, -0.25) is 0 Å². The molecule has 1 nitrogen and oxygen atoms in total. The molecule has 0 radical (unpaired) electrons. The molecule has 66 valence electrons. The van der Waals surface area contributed by atoms with Crippen LogP contribution in [0.5, 0.6) is 0 Å². The van der Waals surface area contributed by atoms with Gasteiger partial charge in [0, 0.05) is 16.8 Å². The van der Waals surface area contributed by atoms with Gasteiger partial charge in [0.05, 0.1) is 0 Å². The molecule has 2 unspecified atom stereocenters. The van der Waals surface area contributed by atoms with E-state index in [0.29, 0.717) is 0 Å². The Hall–Kier alpha value is -0.340. The Bertz CT molecular complexity index is 255. The fourth-order valence-electron chi connectivity index (χ4n) is 1.90. The van der Waals surface area contributed by atoms with Crippen LogP contribution in [0.3, 0.4) is 0 Å². The van der Waals surface area contributed by atoms with E-state index in [1.165, 1.54) is 17.7 Å².